The second kappa shape index (κ2) is 5.44. The van der Waals surface area contributed by atoms with Crippen LogP contribution in [0.4, 0.5) is 0 Å². The minimum atomic E-state index is 0.370. The van der Waals surface area contributed by atoms with E-state index < -0.39 is 0 Å². The number of hydrogen-bond acceptors (Lipinski definition) is 1. The fourth-order valence-corrected chi connectivity index (χ4v) is 3.67. The molecule has 0 aromatic heterocycles. The van der Waals surface area contributed by atoms with Gasteiger partial charge in [-0.05, 0) is 36.3 Å². The van der Waals surface area contributed by atoms with Gasteiger partial charge in [-0.1, -0.05) is 58.0 Å². The van der Waals surface area contributed by atoms with Crippen molar-refractivity contribution in [3.05, 3.63) is 35.9 Å². The molecule has 2 atom stereocenters. The highest BCUT2D eigenvalue weighted by atomic mass is 15.2. The molecule has 0 saturated carbocycles. The summed E-state index contributed by atoms with van der Waals surface area (Å²) in [5.74, 6) is 0.808. The predicted octanol–water partition coefficient (Wildman–Crippen LogP) is 4.33. The largest absolute Gasteiger partial charge is 0.295 e. The molecular formula is C17H27N. The third-order valence-corrected chi connectivity index (χ3v) is 4.15. The third-order valence-electron chi connectivity index (χ3n) is 4.15. The van der Waals surface area contributed by atoms with Crippen molar-refractivity contribution in [3.63, 3.8) is 0 Å². The van der Waals surface area contributed by atoms with Gasteiger partial charge >= 0.3 is 0 Å². The lowest BCUT2D eigenvalue weighted by atomic mass is 9.75. The van der Waals surface area contributed by atoms with Crippen LogP contribution in [0.1, 0.15) is 46.1 Å². The molecule has 1 heteroatoms. The molecule has 0 unspecified atom stereocenters. The molecule has 1 aromatic rings. The zero-order valence-corrected chi connectivity index (χ0v) is 12.3. The van der Waals surface area contributed by atoms with Crippen molar-refractivity contribution in [2.45, 2.75) is 53.1 Å². The lowest BCUT2D eigenvalue weighted by Gasteiger charge is -2.47. The second-order valence-electron chi connectivity index (χ2n) is 6.89. The van der Waals surface area contributed by atoms with Crippen molar-refractivity contribution >= 4 is 0 Å². The van der Waals surface area contributed by atoms with E-state index in [1.807, 2.05) is 0 Å². The average Bonchev–Trinajstić information content (AvgIpc) is 2.28. The van der Waals surface area contributed by atoms with Gasteiger partial charge in [0.05, 0.1) is 0 Å². The van der Waals surface area contributed by atoms with Gasteiger partial charge in [-0.15, -0.1) is 0 Å². The number of rotatable bonds is 2. The lowest BCUT2D eigenvalue weighted by molar-refractivity contribution is 0.0181. The Morgan fingerprint density at radius 2 is 1.83 bits per heavy atom. The Morgan fingerprint density at radius 1 is 1.17 bits per heavy atom. The SMILES string of the molecule is C[C@H]1CCCN(Cc2ccccc2)[C@H]1C(C)(C)C. The van der Waals surface area contributed by atoms with Crippen LogP contribution in [0.15, 0.2) is 30.3 Å². The highest BCUT2D eigenvalue weighted by molar-refractivity contribution is 5.15. The molecule has 1 aromatic carbocycles. The summed E-state index contributed by atoms with van der Waals surface area (Å²) in [5.41, 5.74) is 1.81. The fraction of sp³-hybridized carbons (Fsp3) is 0.647. The zero-order chi connectivity index (χ0) is 13.2. The van der Waals surface area contributed by atoms with Crippen molar-refractivity contribution in [2.24, 2.45) is 11.3 Å². The van der Waals surface area contributed by atoms with Gasteiger partial charge in [0.1, 0.15) is 0 Å². The maximum atomic E-state index is 2.70. The summed E-state index contributed by atoms with van der Waals surface area (Å²) in [6, 6.07) is 11.6. The van der Waals surface area contributed by atoms with Crippen LogP contribution in [-0.2, 0) is 6.54 Å². The quantitative estimate of drug-likeness (QED) is 0.749. The smallest absolute Gasteiger partial charge is 0.0237 e. The van der Waals surface area contributed by atoms with E-state index in [1.54, 1.807) is 0 Å². The topological polar surface area (TPSA) is 3.24 Å². The standard InChI is InChI=1S/C17H27N/c1-14-9-8-12-18(16(14)17(2,3)4)13-15-10-6-5-7-11-15/h5-7,10-11,14,16H,8-9,12-13H2,1-4H3/t14-,16+/m0/s1. The van der Waals surface area contributed by atoms with Crippen molar-refractivity contribution in [1.29, 1.82) is 0 Å². The monoisotopic (exact) mass is 245 g/mol. The fourth-order valence-electron chi connectivity index (χ4n) is 3.67. The number of hydrogen-bond donors (Lipinski definition) is 0. The van der Waals surface area contributed by atoms with Gasteiger partial charge < -0.3 is 0 Å². The molecule has 0 radical (unpaired) electrons. The Hall–Kier alpha value is -0.820. The van der Waals surface area contributed by atoms with Gasteiger partial charge in [0, 0.05) is 12.6 Å². The first-order chi connectivity index (χ1) is 8.48. The van der Waals surface area contributed by atoms with Crippen molar-refractivity contribution in [2.75, 3.05) is 6.54 Å². The average molecular weight is 245 g/mol. The van der Waals surface area contributed by atoms with E-state index in [-0.39, 0.29) is 0 Å². The summed E-state index contributed by atoms with van der Waals surface area (Å²) in [5, 5.41) is 0. The minimum absolute atomic E-state index is 0.370. The van der Waals surface area contributed by atoms with E-state index in [9.17, 15) is 0 Å². The van der Waals surface area contributed by atoms with Crippen LogP contribution >= 0.6 is 0 Å². The number of likely N-dealkylation sites (tertiary alicyclic amines) is 1. The Balaban J connectivity index is 2.14. The van der Waals surface area contributed by atoms with Crippen LogP contribution in [-0.4, -0.2) is 17.5 Å². The molecule has 2 rings (SSSR count). The molecule has 0 bridgehead atoms. The van der Waals surface area contributed by atoms with Gasteiger partial charge in [-0.25, -0.2) is 0 Å². The van der Waals surface area contributed by atoms with Crippen LogP contribution in [0.2, 0.25) is 0 Å². The van der Waals surface area contributed by atoms with E-state index >= 15 is 0 Å². The molecule has 0 amide bonds. The summed E-state index contributed by atoms with van der Waals surface area (Å²) >= 11 is 0. The maximum absolute atomic E-state index is 2.70. The molecule has 100 valence electrons. The van der Waals surface area contributed by atoms with Gasteiger partial charge in [0.2, 0.25) is 0 Å². The number of nitrogens with zero attached hydrogens (tertiary/aromatic N) is 1. The van der Waals surface area contributed by atoms with Crippen LogP contribution in [0.5, 0.6) is 0 Å². The second-order valence-corrected chi connectivity index (χ2v) is 6.89. The molecule has 0 spiro atoms. The molecule has 1 saturated heterocycles. The molecule has 1 nitrogen and oxygen atoms in total. The van der Waals surface area contributed by atoms with Crippen LogP contribution in [0.3, 0.4) is 0 Å². The summed E-state index contributed by atoms with van der Waals surface area (Å²) in [4.78, 5) is 2.70. The predicted molar refractivity (Wildman–Crippen MR) is 78.5 cm³/mol. The molecule has 1 aliphatic rings. The van der Waals surface area contributed by atoms with Crippen molar-refractivity contribution in [3.8, 4) is 0 Å². The van der Waals surface area contributed by atoms with Crippen LogP contribution < -0.4 is 0 Å². The van der Waals surface area contributed by atoms with Crippen molar-refractivity contribution in [1.82, 2.24) is 4.90 Å². The minimum Gasteiger partial charge on any atom is -0.295 e. The molecule has 18 heavy (non-hydrogen) atoms. The number of piperidine rings is 1. The van der Waals surface area contributed by atoms with Gasteiger partial charge in [-0.3, -0.25) is 4.90 Å². The molecule has 1 heterocycles. The Labute approximate surface area is 112 Å². The Kier molecular flexibility index (Phi) is 4.11. The van der Waals surface area contributed by atoms with E-state index in [0.717, 1.165) is 12.5 Å². The lowest BCUT2D eigenvalue weighted by Crippen LogP contribution is -2.50. The highest BCUT2D eigenvalue weighted by Gasteiger charge is 2.36. The van der Waals surface area contributed by atoms with E-state index in [4.69, 9.17) is 0 Å². The number of benzene rings is 1. The first-order valence-corrected chi connectivity index (χ1v) is 7.26. The third kappa shape index (κ3) is 3.14. The van der Waals surface area contributed by atoms with Gasteiger partial charge in [-0.2, -0.15) is 0 Å². The summed E-state index contributed by atoms with van der Waals surface area (Å²) in [7, 11) is 0. The normalized spacial score (nSPS) is 26.2. The van der Waals surface area contributed by atoms with Crippen LogP contribution in [0.25, 0.3) is 0 Å². The highest BCUT2D eigenvalue weighted by Crippen LogP contribution is 2.36. The van der Waals surface area contributed by atoms with E-state index in [1.165, 1.54) is 24.9 Å². The van der Waals surface area contributed by atoms with Crippen LogP contribution in [0, 0.1) is 11.3 Å². The van der Waals surface area contributed by atoms with Crippen molar-refractivity contribution < 1.29 is 0 Å². The molecule has 1 fully saturated rings. The van der Waals surface area contributed by atoms with E-state index in [2.05, 4.69) is 62.9 Å². The Bertz CT molecular complexity index is 363. The van der Waals surface area contributed by atoms with Gasteiger partial charge in [0.25, 0.3) is 0 Å². The summed E-state index contributed by atoms with van der Waals surface area (Å²) < 4.78 is 0. The maximum Gasteiger partial charge on any atom is 0.0237 e. The molecule has 1 aliphatic heterocycles. The Morgan fingerprint density at radius 3 is 2.44 bits per heavy atom. The summed E-state index contributed by atoms with van der Waals surface area (Å²) in [6.45, 7) is 11.9. The van der Waals surface area contributed by atoms with Gasteiger partial charge in [0.15, 0.2) is 0 Å². The first-order valence-electron chi connectivity index (χ1n) is 7.26. The first kappa shape index (κ1) is 13.6. The zero-order valence-electron chi connectivity index (χ0n) is 12.3. The molecule has 0 N–H and O–H groups in total. The van der Waals surface area contributed by atoms with E-state index in [0.29, 0.717) is 11.5 Å². The summed E-state index contributed by atoms with van der Waals surface area (Å²) in [6.07, 6.45) is 2.73. The molecular weight excluding hydrogens is 218 g/mol. The molecule has 0 aliphatic carbocycles.